The summed E-state index contributed by atoms with van der Waals surface area (Å²) in [7, 11) is 1.47. The third-order valence-electron chi connectivity index (χ3n) is 4.45. The number of methoxy groups -OCH3 is 1. The molecule has 2 heterocycles. The number of rotatable bonds is 6. The zero-order valence-electron chi connectivity index (χ0n) is 14.9. The molecule has 0 saturated carbocycles. The first-order valence-electron chi connectivity index (χ1n) is 8.20. The average molecular weight is 369 g/mol. The van der Waals surface area contributed by atoms with Gasteiger partial charge in [0.2, 0.25) is 0 Å². The van der Waals surface area contributed by atoms with Gasteiger partial charge in [0.05, 0.1) is 41.2 Å². The van der Waals surface area contributed by atoms with E-state index in [1.165, 1.54) is 7.11 Å². The number of aliphatic carboxylic acids is 2. The molecule has 1 aliphatic rings. The fraction of sp³-hybridized carbons (Fsp3) is 0.211. The molecule has 1 aromatic heterocycles. The molecule has 0 fully saturated rings. The molecule has 27 heavy (non-hydrogen) atoms. The van der Waals surface area contributed by atoms with E-state index in [0.29, 0.717) is 17.1 Å². The summed E-state index contributed by atoms with van der Waals surface area (Å²) in [6.45, 7) is 1.70. The minimum Gasteiger partial charge on any atom is -0.478 e. The third-order valence-corrected chi connectivity index (χ3v) is 4.45. The van der Waals surface area contributed by atoms with Crippen LogP contribution in [-0.2, 0) is 14.3 Å². The van der Waals surface area contributed by atoms with Crippen molar-refractivity contribution in [3.63, 3.8) is 0 Å². The minimum absolute atomic E-state index is 0.000263. The number of aromatic nitrogens is 2. The molecule has 2 aromatic rings. The van der Waals surface area contributed by atoms with E-state index in [-0.39, 0.29) is 24.2 Å². The first-order chi connectivity index (χ1) is 13.0. The van der Waals surface area contributed by atoms with Crippen molar-refractivity contribution >= 4 is 17.6 Å². The number of para-hydroxylation sites is 2. The van der Waals surface area contributed by atoms with Crippen LogP contribution in [0.3, 0.4) is 0 Å². The van der Waals surface area contributed by atoms with Crippen molar-refractivity contribution in [1.82, 2.24) is 9.55 Å². The number of carboxylic acid groups (broad SMARTS) is 2. The maximum atomic E-state index is 11.8. The van der Waals surface area contributed by atoms with E-state index >= 15 is 0 Å². The number of nitrogens with zero attached hydrogens (tertiary/aromatic N) is 3. The van der Waals surface area contributed by atoms with Crippen LogP contribution in [0.15, 0.2) is 65.5 Å². The summed E-state index contributed by atoms with van der Waals surface area (Å²) >= 11 is 0. The van der Waals surface area contributed by atoms with E-state index < -0.39 is 11.9 Å². The topological polar surface area (TPSA) is 105 Å². The maximum absolute atomic E-state index is 11.8. The number of hydrogen-bond acceptors (Lipinski definition) is 5. The highest BCUT2D eigenvalue weighted by Gasteiger charge is 2.33. The van der Waals surface area contributed by atoms with Crippen LogP contribution < -0.4 is 4.90 Å². The van der Waals surface area contributed by atoms with Crippen molar-refractivity contribution in [2.45, 2.75) is 13.3 Å². The molecule has 0 radical (unpaired) electrons. The number of carbonyl (C=O) groups is 2. The van der Waals surface area contributed by atoms with Gasteiger partial charge in [-0.15, -0.1) is 0 Å². The van der Waals surface area contributed by atoms with E-state index in [4.69, 9.17) is 4.74 Å². The summed E-state index contributed by atoms with van der Waals surface area (Å²) in [4.78, 5) is 29.3. The normalized spacial score (nSPS) is 14.7. The molecule has 0 spiro atoms. The quantitative estimate of drug-likeness (QED) is 0.806. The highest BCUT2D eigenvalue weighted by molar-refractivity contribution is 5.97. The Hall–Kier alpha value is -3.39. The third kappa shape index (κ3) is 3.34. The lowest BCUT2D eigenvalue weighted by Gasteiger charge is -2.35. The molecule has 0 amide bonds. The summed E-state index contributed by atoms with van der Waals surface area (Å²) < 4.78 is 7.02. The highest BCUT2D eigenvalue weighted by Crippen LogP contribution is 2.38. The number of benzene rings is 1. The van der Waals surface area contributed by atoms with Crippen LogP contribution in [0.2, 0.25) is 0 Å². The van der Waals surface area contributed by atoms with Gasteiger partial charge in [-0.1, -0.05) is 12.1 Å². The Bertz CT molecular complexity index is 944. The summed E-state index contributed by atoms with van der Waals surface area (Å²) in [6.07, 6.45) is 4.85. The number of allylic oxidation sites excluding steroid dienone is 1. The van der Waals surface area contributed by atoms with Crippen LogP contribution in [0.5, 0.6) is 0 Å². The van der Waals surface area contributed by atoms with Gasteiger partial charge in [0.1, 0.15) is 0 Å². The van der Waals surface area contributed by atoms with E-state index in [1.807, 2.05) is 18.2 Å². The molecule has 8 heteroatoms. The number of carboxylic acids is 2. The van der Waals surface area contributed by atoms with Crippen LogP contribution >= 0.6 is 0 Å². The largest absolute Gasteiger partial charge is 0.478 e. The molecule has 2 N–H and O–H groups in total. The van der Waals surface area contributed by atoms with Gasteiger partial charge < -0.3 is 24.4 Å². The predicted octanol–water partition coefficient (Wildman–Crippen LogP) is 2.43. The first kappa shape index (κ1) is 18.4. The predicted molar refractivity (Wildman–Crippen MR) is 97.5 cm³/mol. The van der Waals surface area contributed by atoms with E-state index in [1.54, 1.807) is 41.2 Å². The van der Waals surface area contributed by atoms with E-state index in [0.717, 1.165) is 5.69 Å². The Kier molecular flexibility index (Phi) is 5.09. The molecule has 0 aliphatic carbocycles. The van der Waals surface area contributed by atoms with Gasteiger partial charge >= 0.3 is 11.9 Å². The Morgan fingerprint density at radius 2 is 1.81 bits per heavy atom. The lowest BCUT2D eigenvalue weighted by molar-refractivity contribution is -0.133. The Morgan fingerprint density at radius 1 is 1.15 bits per heavy atom. The van der Waals surface area contributed by atoms with Crippen LogP contribution in [0.1, 0.15) is 13.3 Å². The molecule has 140 valence electrons. The fourth-order valence-corrected chi connectivity index (χ4v) is 3.20. The number of anilines is 1. The van der Waals surface area contributed by atoms with Gasteiger partial charge in [0, 0.05) is 31.6 Å². The fourth-order valence-electron chi connectivity index (χ4n) is 3.20. The summed E-state index contributed by atoms with van der Waals surface area (Å²) in [5, 5.41) is 19.3. The van der Waals surface area contributed by atoms with Gasteiger partial charge in [-0.05, 0) is 19.1 Å². The standard InChI is InChI=1S/C19H19N3O5/c1-12-13(18(23)24)9-14(19(25)26)17(10-27-2)22(12)16-6-4-3-5-15(16)21-8-7-20-11-21/h3-8,11H,9-10H2,1-2H3,(H,23,24)(H,25,26). The molecule has 0 bridgehead atoms. The van der Waals surface area contributed by atoms with Crippen LogP contribution in [0.4, 0.5) is 5.69 Å². The van der Waals surface area contributed by atoms with Crippen molar-refractivity contribution < 1.29 is 24.5 Å². The van der Waals surface area contributed by atoms with Crippen LogP contribution in [-0.4, -0.2) is 45.4 Å². The summed E-state index contributed by atoms with van der Waals surface area (Å²) in [5.74, 6) is -2.31. The molecule has 8 nitrogen and oxygen atoms in total. The molecule has 0 saturated heterocycles. The van der Waals surface area contributed by atoms with Crippen molar-refractivity contribution in [1.29, 1.82) is 0 Å². The van der Waals surface area contributed by atoms with Crippen molar-refractivity contribution in [2.75, 3.05) is 18.6 Å². The number of imidazole rings is 1. The summed E-state index contributed by atoms with van der Waals surface area (Å²) in [5.41, 5.74) is 2.26. The highest BCUT2D eigenvalue weighted by atomic mass is 16.5. The molecular weight excluding hydrogens is 350 g/mol. The zero-order chi connectivity index (χ0) is 19.6. The summed E-state index contributed by atoms with van der Waals surface area (Å²) in [6, 6.07) is 7.31. The molecule has 0 atom stereocenters. The zero-order valence-corrected chi connectivity index (χ0v) is 14.9. The minimum atomic E-state index is -1.17. The van der Waals surface area contributed by atoms with Crippen LogP contribution in [0, 0.1) is 0 Å². The molecule has 1 aliphatic heterocycles. The Balaban J connectivity index is 2.28. The van der Waals surface area contributed by atoms with Crippen molar-refractivity contribution in [2.24, 2.45) is 0 Å². The SMILES string of the molecule is COCC1=C(C(=O)O)CC(C(=O)O)=C(C)N1c1ccccc1-n1ccnc1. The molecule has 0 unspecified atom stereocenters. The second kappa shape index (κ2) is 7.46. The van der Waals surface area contributed by atoms with E-state index in [2.05, 4.69) is 4.98 Å². The average Bonchev–Trinajstić information content (AvgIpc) is 3.16. The molecular formula is C19H19N3O5. The monoisotopic (exact) mass is 369 g/mol. The van der Waals surface area contributed by atoms with Gasteiger partial charge in [-0.3, -0.25) is 0 Å². The molecule has 3 rings (SSSR count). The Labute approximate surface area is 155 Å². The lowest BCUT2D eigenvalue weighted by atomic mass is 9.95. The molecule has 1 aromatic carbocycles. The van der Waals surface area contributed by atoms with Crippen molar-refractivity contribution in [3.8, 4) is 5.69 Å². The smallest absolute Gasteiger partial charge is 0.333 e. The van der Waals surface area contributed by atoms with E-state index in [9.17, 15) is 19.8 Å². The number of ether oxygens (including phenoxy) is 1. The van der Waals surface area contributed by atoms with Gasteiger partial charge in [0.25, 0.3) is 0 Å². The van der Waals surface area contributed by atoms with Gasteiger partial charge in [-0.25, -0.2) is 14.6 Å². The van der Waals surface area contributed by atoms with Gasteiger partial charge in [-0.2, -0.15) is 0 Å². The lowest BCUT2D eigenvalue weighted by Crippen LogP contribution is -2.33. The van der Waals surface area contributed by atoms with Crippen LogP contribution in [0.25, 0.3) is 5.69 Å². The van der Waals surface area contributed by atoms with Gasteiger partial charge in [0.15, 0.2) is 0 Å². The van der Waals surface area contributed by atoms with Crippen molar-refractivity contribution in [3.05, 3.63) is 65.5 Å². The second-order valence-corrected chi connectivity index (χ2v) is 6.00. The maximum Gasteiger partial charge on any atom is 0.333 e. The second-order valence-electron chi connectivity index (χ2n) is 6.00. The number of hydrogen-bond donors (Lipinski definition) is 2. The first-order valence-corrected chi connectivity index (χ1v) is 8.20. The Morgan fingerprint density at radius 3 is 2.37 bits per heavy atom.